The van der Waals surface area contributed by atoms with E-state index in [0.29, 0.717) is 12.4 Å². The monoisotopic (exact) mass is 416 g/mol. The lowest BCUT2D eigenvalue weighted by Crippen LogP contribution is -2.32. The molecule has 2 N–H and O–H groups in total. The Morgan fingerprint density at radius 3 is 2.69 bits per heavy atom. The zero-order chi connectivity index (χ0) is 21.0. The molecule has 7 nitrogen and oxygen atoms in total. The van der Waals surface area contributed by atoms with Gasteiger partial charge in [0, 0.05) is 18.2 Å². The number of likely N-dealkylation sites (N-methyl/N-ethyl adjacent to an activating group) is 1. The van der Waals surface area contributed by atoms with Gasteiger partial charge in [-0.05, 0) is 52.2 Å². The van der Waals surface area contributed by atoms with Gasteiger partial charge in [0.15, 0.2) is 0 Å². The number of nitrogens with zero attached hydrogens (tertiary/aromatic N) is 4. The first-order chi connectivity index (χ1) is 13.8. The number of nitrogens with one attached hydrogen (secondary N) is 2. The summed E-state index contributed by atoms with van der Waals surface area (Å²) in [6.07, 6.45) is 1.66. The van der Waals surface area contributed by atoms with Gasteiger partial charge in [-0.3, -0.25) is 5.32 Å². The molecule has 0 spiro atoms. The number of thiazole rings is 1. The predicted octanol–water partition coefficient (Wildman–Crippen LogP) is 3.90. The molecule has 0 aliphatic carbocycles. The molecule has 1 aromatic carbocycles. The number of amides is 2. The van der Waals surface area contributed by atoms with E-state index in [1.807, 2.05) is 27.9 Å². The summed E-state index contributed by atoms with van der Waals surface area (Å²) in [5, 5.41) is 10.9. The molecule has 3 aromatic rings. The number of rotatable bonds is 7. The highest BCUT2D eigenvalue weighted by molar-refractivity contribution is 7.15. The van der Waals surface area contributed by atoms with Crippen LogP contribution in [0.15, 0.2) is 36.5 Å². The first-order valence-corrected chi connectivity index (χ1v) is 10.1. The average Bonchev–Trinajstić information content (AvgIpc) is 3.26. The van der Waals surface area contributed by atoms with Crippen LogP contribution in [0.2, 0.25) is 0 Å². The fraction of sp³-hybridized carbons (Fsp3) is 0.350. The number of hydrogen-bond donors (Lipinski definition) is 2. The molecule has 0 saturated carbocycles. The van der Waals surface area contributed by atoms with E-state index in [-0.39, 0.29) is 17.9 Å². The Morgan fingerprint density at radius 2 is 2.00 bits per heavy atom. The van der Waals surface area contributed by atoms with Gasteiger partial charge < -0.3 is 10.2 Å². The summed E-state index contributed by atoms with van der Waals surface area (Å²) in [5.74, 6) is 0.364. The number of anilines is 1. The van der Waals surface area contributed by atoms with Crippen molar-refractivity contribution in [2.24, 2.45) is 0 Å². The summed E-state index contributed by atoms with van der Waals surface area (Å²) in [6.45, 7) is 5.32. The molecule has 29 heavy (non-hydrogen) atoms. The maximum absolute atomic E-state index is 13.2. The molecular weight excluding hydrogens is 391 g/mol. The number of urea groups is 1. The van der Waals surface area contributed by atoms with Gasteiger partial charge in [-0.15, -0.1) is 11.3 Å². The largest absolute Gasteiger partial charge is 0.330 e. The number of carbonyl (C=O) groups is 1. The number of hydrogen-bond acceptors (Lipinski definition) is 5. The van der Waals surface area contributed by atoms with Gasteiger partial charge in [-0.1, -0.05) is 0 Å². The number of aromatic nitrogens is 3. The van der Waals surface area contributed by atoms with E-state index in [1.54, 1.807) is 29.1 Å². The van der Waals surface area contributed by atoms with Crippen molar-refractivity contribution in [2.75, 3.05) is 26.0 Å². The van der Waals surface area contributed by atoms with Gasteiger partial charge >= 0.3 is 6.03 Å². The smallest absolute Gasteiger partial charge is 0.320 e. The lowest BCUT2D eigenvalue weighted by Gasteiger charge is -2.15. The number of halogens is 1. The Hall–Kier alpha value is -2.78. The van der Waals surface area contributed by atoms with E-state index in [1.165, 1.54) is 23.5 Å². The van der Waals surface area contributed by atoms with Crippen LogP contribution in [0.4, 0.5) is 15.0 Å². The van der Waals surface area contributed by atoms with Crippen molar-refractivity contribution in [3.63, 3.8) is 0 Å². The Bertz CT molecular complexity index is 966. The van der Waals surface area contributed by atoms with Crippen molar-refractivity contribution in [1.29, 1.82) is 0 Å². The maximum atomic E-state index is 13.2. The van der Waals surface area contributed by atoms with Crippen LogP contribution in [0.25, 0.3) is 10.6 Å². The summed E-state index contributed by atoms with van der Waals surface area (Å²) in [6, 6.07) is 7.49. The highest BCUT2D eigenvalue weighted by Gasteiger charge is 2.18. The molecule has 0 bridgehead atoms. The minimum Gasteiger partial charge on any atom is -0.330 e. The van der Waals surface area contributed by atoms with Crippen molar-refractivity contribution >= 4 is 23.2 Å². The molecule has 0 fully saturated rings. The van der Waals surface area contributed by atoms with Crippen LogP contribution in [-0.4, -0.2) is 46.3 Å². The average molecular weight is 417 g/mol. The second-order valence-electron chi connectivity index (χ2n) is 7.04. The van der Waals surface area contributed by atoms with Crippen molar-refractivity contribution < 1.29 is 9.18 Å². The minimum atomic E-state index is -0.305. The van der Waals surface area contributed by atoms with Crippen molar-refractivity contribution in [3.05, 3.63) is 52.9 Å². The van der Waals surface area contributed by atoms with E-state index in [9.17, 15) is 9.18 Å². The van der Waals surface area contributed by atoms with Crippen molar-refractivity contribution in [3.8, 4) is 10.6 Å². The molecule has 0 aliphatic rings. The fourth-order valence-corrected chi connectivity index (χ4v) is 3.93. The first kappa shape index (κ1) is 20.9. The zero-order valence-corrected chi connectivity index (χ0v) is 17.8. The predicted molar refractivity (Wildman–Crippen MR) is 114 cm³/mol. The molecule has 2 aromatic heterocycles. The second kappa shape index (κ2) is 9.15. The fourth-order valence-electron chi connectivity index (χ4n) is 2.85. The first-order valence-electron chi connectivity index (χ1n) is 9.31. The number of aryl methyl sites for hydroxylation is 1. The van der Waals surface area contributed by atoms with Crippen LogP contribution >= 0.6 is 11.3 Å². The zero-order valence-electron chi connectivity index (χ0n) is 16.9. The highest BCUT2D eigenvalue weighted by atomic mass is 32.1. The Balaban J connectivity index is 1.65. The Labute approximate surface area is 173 Å². The van der Waals surface area contributed by atoms with Crippen molar-refractivity contribution in [1.82, 2.24) is 25.0 Å². The summed E-state index contributed by atoms with van der Waals surface area (Å²) in [4.78, 5) is 20.1. The van der Waals surface area contributed by atoms with Gasteiger partial charge in [0.2, 0.25) is 0 Å². The lowest BCUT2D eigenvalue weighted by atomic mass is 10.2. The van der Waals surface area contributed by atoms with E-state index in [4.69, 9.17) is 0 Å². The molecule has 1 atom stereocenters. The Morgan fingerprint density at radius 1 is 1.28 bits per heavy atom. The summed E-state index contributed by atoms with van der Waals surface area (Å²) in [7, 11) is 3.98. The summed E-state index contributed by atoms with van der Waals surface area (Å²) in [5.41, 5.74) is 1.70. The lowest BCUT2D eigenvalue weighted by molar-refractivity contribution is 0.249. The molecule has 9 heteroatoms. The van der Waals surface area contributed by atoms with Gasteiger partial charge in [0.25, 0.3) is 0 Å². The van der Waals surface area contributed by atoms with E-state index >= 15 is 0 Å². The van der Waals surface area contributed by atoms with Crippen LogP contribution in [0.3, 0.4) is 0 Å². The van der Waals surface area contributed by atoms with Gasteiger partial charge in [0.1, 0.15) is 16.6 Å². The summed E-state index contributed by atoms with van der Waals surface area (Å²) >= 11 is 1.49. The Kier molecular flexibility index (Phi) is 6.60. The molecule has 2 amide bonds. The molecule has 154 valence electrons. The minimum absolute atomic E-state index is 0.222. The third kappa shape index (κ3) is 5.39. The standard InChI is InChI=1S/C20H25FN6OS/c1-13-18(29-19(23-13)15-5-7-16(21)8-6-15)14(2)24-20(28)25-17-9-10-22-27(17)12-11-26(3)4/h5-10,14H,11-12H2,1-4H3,(H2,24,25,28). The third-order valence-corrected chi connectivity index (χ3v) is 5.77. The molecule has 2 heterocycles. The highest BCUT2D eigenvalue weighted by Crippen LogP contribution is 2.31. The normalized spacial score (nSPS) is 12.2. The molecule has 1 unspecified atom stereocenters. The number of benzene rings is 1. The quantitative estimate of drug-likeness (QED) is 0.613. The van der Waals surface area contributed by atoms with Crippen LogP contribution in [0.1, 0.15) is 23.5 Å². The molecule has 3 rings (SSSR count). The molecule has 0 aliphatic heterocycles. The van der Waals surface area contributed by atoms with Gasteiger partial charge in [0.05, 0.1) is 29.4 Å². The third-order valence-electron chi connectivity index (χ3n) is 4.38. The maximum Gasteiger partial charge on any atom is 0.320 e. The molecular formula is C20H25FN6OS. The van der Waals surface area contributed by atoms with Crippen molar-refractivity contribution in [2.45, 2.75) is 26.4 Å². The van der Waals surface area contributed by atoms with Crippen LogP contribution in [-0.2, 0) is 6.54 Å². The summed E-state index contributed by atoms with van der Waals surface area (Å²) < 4.78 is 14.9. The van der Waals surface area contributed by atoms with Gasteiger partial charge in [-0.25, -0.2) is 18.9 Å². The van der Waals surface area contributed by atoms with E-state index in [2.05, 4.69) is 25.6 Å². The van der Waals surface area contributed by atoms with E-state index in [0.717, 1.165) is 27.7 Å². The van der Waals surface area contributed by atoms with Gasteiger partial charge in [-0.2, -0.15) is 5.10 Å². The van der Waals surface area contributed by atoms with Crippen LogP contribution in [0, 0.1) is 12.7 Å². The molecule has 0 saturated heterocycles. The molecule has 0 radical (unpaired) electrons. The SMILES string of the molecule is Cc1nc(-c2ccc(F)cc2)sc1C(C)NC(=O)Nc1ccnn1CCN(C)C. The van der Waals surface area contributed by atoms with E-state index < -0.39 is 0 Å². The topological polar surface area (TPSA) is 75.1 Å². The second-order valence-corrected chi connectivity index (χ2v) is 8.07. The van der Waals surface area contributed by atoms with Crippen LogP contribution < -0.4 is 10.6 Å². The number of carbonyl (C=O) groups excluding carboxylic acids is 1. The van der Waals surface area contributed by atoms with Crippen LogP contribution in [0.5, 0.6) is 0 Å².